The maximum absolute atomic E-state index is 5.71. The summed E-state index contributed by atoms with van der Waals surface area (Å²) in [6.07, 6.45) is 1.61. The van der Waals surface area contributed by atoms with Gasteiger partial charge in [0.1, 0.15) is 0 Å². The van der Waals surface area contributed by atoms with Gasteiger partial charge in [-0.3, -0.25) is 0 Å². The van der Waals surface area contributed by atoms with Crippen molar-refractivity contribution in [3.05, 3.63) is 0 Å². The molecule has 1 fully saturated rings. The third-order valence-corrected chi connectivity index (χ3v) is 3.51. The van der Waals surface area contributed by atoms with Crippen molar-refractivity contribution in [2.24, 2.45) is 5.92 Å². The summed E-state index contributed by atoms with van der Waals surface area (Å²) in [5.41, 5.74) is 0. The Hall–Kier alpha value is -0.120. The van der Waals surface area contributed by atoms with Crippen LogP contribution in [0.15, 0.2) is 0 Å². The molecule has 1 rings (SSSR count). The van der Waals surface area contributed by atoms with E-state index in [-0.39, 0.29) is 0 Å². The average Bonchev–Trinajstić information content (AvgIpc) is 2.25. The van der Waals surface area contributed by atoms with Crippen molar-refractivity contribution in [2.45, 2.75) is 39.3 Å². The summed E-state index contributed by atoms with van der Waals surface area (Å²) >= 11 is 0. The molecular weight excluding hydrogens is 188 g/mol. The Labute approximate surface area is 94.2 Å². The highest BCUT2D eigenvalue weighted by atomic mass is 16.5. The summed E-state index contributed by atoms with van der Waals surface area (Å²) in [5, 5.41) is 3.57. The van der Waals surface area contributed by atoms with Crippen LogP contribution >= 0.6 is 0 Å². The molecule has 0 spiro atoms. The first kappa shape index (κ1) is 12.9. The number of ether oxygens (including phenoxy) is 1. The Kier molecular flexibility index (Phi) is 5.58. The molecule has 3 atom stereocenters. The minimum atomic E-state index is 0.371. The summed E-state index contributed by atoms with van der Waals surface area (Å²) in [6.45, 7) is 10.8. The zero-order valence-corrected chi connectivity index (χ0v) is 10.6. The van der Waals surface area contributed by atoms with Crippen LogP contribution in [0.1, 0.15) is 27.2 Å². The van der Waals surface area contributed by atoms with E-state index in [1.54, 1.807) is 0 Å². The topological polar surface area (TPSA) is 24.5 Å². The first-order chi connectivity index (χ1) is 7.13. The van der Waals surface area contributed by atoms with E-state index < -0.39 is 0 Å². The van der Waals surface area contributed by atoms with Crippen LogP contribution in [0.25, 0.3) is 0 Å². The molecule has 1 saturated heterocycles. The molecule has 0 bridgehead atoms. The number of rotatable bonds is 5. The van der Waals surface area contributed by atoms with Gasteiger partial charge < -0.3 is 15.0 Å². The van der Waals surface area contributed by atoms with Gasteiger partial charge in [-0.15, -0.1) is 0 Å². The van der Waals surface area contributed by atoms with E-state index >= 15 is 0 Å². The number of hydrogen-bond donors (Lipinski definition) is 1. The third-order valence-electron chi connectivity index (χ3n) is 3.51. The van der Waals surface area contributed by atoms with E-state index in [2.05, 4.69) is 38.0 Å². The van der Waals surface area contributed by atoms with Gasteiger partial charge in [-0.05, 0) is 19.9 Å². The van der Waals surface area contributed by atoms with E-state index in [0.717, 1.165) is 32.2 Å². The molecule has 1 N–H and O–H groups in total. The van der Waals surface area contributed by atoms with Crippen molar-refractivity contribution in [3.63, 3.8) is 0 Å². The number of hydrogen-bond acceptors (Lipinski definition) is 3. The van der Waals surface area contributed by atoms with Crippen molar-refractivity contribution in [3.8, 4) is 0 Å². The normalized spacial score (nSPS) is 27.6. The van der Waals surface area contributed by atoms with Gasteiger partial charge in [-0.1, -0.05) is 20.3 Å². The lowest BCUT2D eigenvalue weighted by atomic mass is 10.0. The largest absolute Gasteiger partial charge is 0.374 e. The smallest absolute Gasteiger partial charge is 0.0826 e. The molecule has 1 aliphatic rings. The third kappa shape index (κ3) is 4.49. The second-order valence-corrected chi connectivity index (χ2v) is 4.84. The lowest BCUT2D eigenvalue weighted by molar-refractivity contribution is -0.0197. The zero-order valence-electron chi connectivity index (χ0n) is 10.6. The minimum absolute atomic E-state index is 0.371. The molecule has 0 aromatic heterocycles. The van der Waals surface area contributed by atoms with Crippen molar-refractivity contribution in [1.29, 1.82) is 0 Å². The second kappa shape index (κ2) is 6.46. The van der Waals surface area contributed by atoms with Crippen LogP contribution in [0.3, 0.4) is 0 Å². The number of likely N-dealkylation sites (N-methyl/N-ethyl adjacent to an activating group) is 1. The molecule has 0 amide bonds. The highest BCUT2D eigenvalue weighted by molar-refractivity contribution is 4.74. The lowest BCUT2D eigenvalue weighted by Crippen LogP contribution is -2.47. The van der Waals surface area contributed by atoms with Crippen LogP contribution in [-0.4, -0.2) is 50.3 Å². The molecule has 0 radical (unpaired) electrons. The maximum atomic E-state index is 5.71. The van der Waals surface area contributed by atoms with Gasteiger partial charge in [0.15, 0.2) is 0 Å². The standard InChI is InChI=1S/C12H26N2O/c1-5-10(2)11(3)13-8-12-9-14(4)6-7-15-12/h10-13H,5-9H2,1-4H3/t10-,11-,12-/m0/s1. The molecule has 0 aliphatic carbocycles. The van der Waals surface area contributed by atoms with Gasteiger partial charge in [-0.2, -0.15) is 0 Å². The Morgan fingerprint density at radius 2 is 2.20 bits per heavy atom. The summed E-state index contributed by atoms with van der Waals surface area (Å²) in [7, 11) is 2.16. The van der Waals surface area contributed by atoms with E-state index in [1.165, 1.54) is 6.42 Å². The van der Waals surface area contributed by atoms with Crippen LogP contribution in [0.5, 0.6) is 0 Å². The van der Waals surface area contributed by atoms with Crippen LogP contribution in [0.2, 0.25) is 0 Å². The molecule has 3 heteroatoms. The number of morpholine rings is 1. The highest BCUT2D eigenvalue weighted by Gasteiger charge is 2.18. The predicted molar refractivity (Wildman–Crippen MR) is 64.2 cm³/mol. The van der Waals surface area contributed by atoms with E-state index in [0.29, 0.717) is 12.1 Å². The van der Waals surface area contributed by atoms with Gasteiger partial charge in [0.05, 0.1) is 12.7 Å². The molecule has 15 heavy (non-hydrogen) atoms. The highest BCUT2D eigenvalue weighted by Crippen LogP contribution is 2.08. The first-order valence-corrected chi connectivity index (χ1v) is 6.17. The van der Waals surface area contributed by atoms with E-state index in [1.807, 2.05) is 0 Å². The van der Waals surface area contributed by atoms with Gasteiger partial charge in [-0.25, -0.2) is 0 Å². The summed E-state index contributed by atoms with van der Waals surface area (Å²) in [4.78, 5) is 2.34. The summed E-state index contributed by atoms with van der Waals surface area (Å²) < 4.78 is 5.71. The average molecular weight is 214 g/mol. The molecule has 0 unspecified atom stereocenters. The van der Waals surface area contributed by atoms with Gasteiger partial charge >= 0.3 is 0 Å². The quantitative estimate of drug-likeness (QED) is 0.747. The summed E-state index contributed by atoms with van der Waals surface area (Å²) in [5.74, 6) is 0.742. The number of nitrogens with one attached hydrogen (secondary N) is 1. The van der Waals surface area contributed by atoms with Crippen LogP contribution in [0, 0.1) is 5.92 Å². The Morgan fingerprint density at radius 1 is 1.47 bits per heavy atom. The Morgan fingerprint density at radius 3 is 2.80 bits per heavy atom. The van der Waals surface area contributed by atoms with Crippen molar-refractivity contribution in [1.82, 2.24) is 10.2 Å². The van der Waals surface area contributed by atoms with Gasteiger partial charge in [0.2, 0.25) is 0 Å². The Bertz CT molecular complexity index is 175. The van der Waals surface area contributed by atoms with Gasteiger partial charge in [0.25, 0.3) is 0 Å². The van der Waals surface area contributed by atoms with Crippen LogP contribution in [0.4, 0.5) is 0 Å². The Balaban J connectivity index is 2.18. The number of nitrogens with zero attached hydrogens (tertiary/aromatic N) is 1. The molecule has 90 valence electrons. The van der Waals surface area contributed by atoms with Crippen molar-refractivity contribution < 1.29 is 4.74 Å². The second-order valence-electron chi connectivity index (χ2n) is 4.84. The van der Waals surface area contributed by atoms with Crippen molar-refractivity contribution >= 4 is 0 Å². The SMILES string of the molecule is CC[C@H](C)[C@H](C)NC[C@H]1CN(C)CCO1. The van der Waals surface area contributed by atoms with E-state index in [9.17, 15) is 0 Å². The monoisotopic (exact) mass is 214 g/mol. The molecule has 1 heterocycles. The predicted octanol–water partition coefficient (Wildman–Crippen LogP) is 1.34. The minimum Gasteiger partial charge on any atom is -0.374 e. The fourth-order valence-corrected chi connectivity index (χ4v) is 1.86. The summed E-state index contributed by atoms with van der Waals surface area (Å²) in [6, 6.07) is 0.589. The van der Waals surface area contributed by atoms with Gasteiger partial charge in [0, 0.05) is 25.7 Å². The maximum Gasteiger partial charge on any atom is 0.0826 e. The van der Waals surface area contributed by atoms with Crippen molar-refractivity contribution in [2.75, 3.05) is 33.3 Å². The van der Waals surface area contributed by atoms with Crippen LogP contribution < -0.4 is 5.32 Å². The van der Waals surface area contributed by atoms with E-state index in [4.69, 9.17) is 4.74 Å². The molecule has 0 aromatic rings. The van der Waals surface area contributed by atoms with Crippen LogP contribution in [-0.2, 0) is 4.74 Å². The lowest BCUT2D eigenvalue weighted by Gasteiger charge is -2.31. The fourth-order valence-electron chi connectivity index (χ4n) is 1.86. The molecular formula is C12H26N2O. The first-order valence-electron chi connectivity index (χ1n) is 6.17. The molecule has 0 aromatic carbocycles. The molecule has 3 nitrogen and oxygen atoms in total. The zero-order chi connectivity index (χ0) is 11.3. The molecule has 0 saturated carbocycles. The molecule has 1 aliphatic heterocycles. The fraction of sp³-hybridized carbons (Fsp3) is 1.00.